The summed E-state index contributed by atoms with van der Waals surface area (Å²) >= 11 is 5.99. The van der Waals surface area contributed by atoms with Gasteiger partial charge in [0.25, 0.3) is 0 Å². The van der Waals surface area contributed by atoms with Crippen LogP contribution in [0.5, 0.6) is 0 Å². The van der Waals surface area contributed by atoms with Crippen molar-refractivity contribution < 1.29 is 19.5 Å². The Labute approximate surface area is 190 Å². The lowest BCUT2D eigenvalue weighted by Crippen LogP contribution is -2.54. The predicted molar refractivity (Wildman–Crippen MR) is 119 cm³/mol. The summed E-state index contributed by atoms with van der Waals surface area (Å²) in [6.45, 7) is 2.30. The third-order valence-corrected chi connectivity index (χ3v) is 7.19. The van der Waals surface area contributed by atoms with Gasteiger partial charge in [-0.05, 0) is 30.2 Å². The molecule has 2 fully saturated rings. The summed E-state index contributed by atoms with van der Waals surface area (Å²) in [6.07, 6.45) is 0.406. The largest absolute Gasteiger partial charge is 0.387 e. The van der Waals surface area contributed by atoms with Crippen molar-refractivity contribution in [1.82, 2.24) is 10.2 Å². The van der Waals surface area contributed by atoms with Crippen LogP contribution in [0.4, 0.5) is 5.69 Å². The quantitative estimate of drug-likeness (QED) is 0.604. The van der Waals surface area contributed by atoms with Gasteiger partial charge >= 0.3 is 0 Å². The summed E-state index contributed by atoms with van der Waals surface area (Å²) in [7, 11) is 0. The highest BCUT2D eigenvalue weighted by Gasteiger charge is 2.71. The van der Waals surface area contributed by atoms with E-state index in [0.717, 1.165) is 6.42 Å². The lowest BCUT2D eigenvalue weighted by Gasteiger charge is -2.30. The average Bonchev–Trinajstić information content (AvgIpc) is 3.38. The van der Waals surface area contributed by atoms with Crippen LogP contribution in [0.2, 0.25) is 5.02 Å². The van der Waals surface area contributed by atoms with Crippen LogP contribution >= 0.6 is 11.6 Å². The number of carbonyl (C=O) groups excluding carboxylic acids is 3. The number of rotatable bonds is 5. The van der Waals surface area contributed by atoms with Crippen LogP contribution in [-0.4, -0.2) is 40.3 Å². The first-order chi connectivity index (χ1) is 15.4. The van der Waals surface area contributed by atoms with Crippen LogP contribution in [0.25, 0.3) is 0 Å². The number of amides is 3. The number of fused-ring (bicyclic) bond motifs is 4. The van der Waals surface area contributed by atoms with Gasteiger partial charge in [-0.3, -0.25) is 24.6 Å². The fourth-order valence-corrected chi connectivity index (χ4v) is 5.55. The van der Waals surface area contributed by atoms with Crippen molar-refractivity contribution >= 4 is 35.0 Å². The van der Waals surface area contributed by atoms with Crippen LogP contribution in [0, 0.1) is 11.8 Å². The number of aliphatic hydroxyl groups is 1. The minimum absolute atomic E-state index is 0.310. The van der Waals surface area contributed by atoms with Gasteiger partial charge in [-0.15, -0.1) is 0 Å². The van der Waals surface area contributed by atoms with Crippen LogP contribution in [0.1, 0.15) is 37.0 Å². The number of likely N-dealkylation sites (tertiary alicyclic amines) is 1. The molecule has 3 N–H and O–H groups in total. The van der Waals surface area contributed by atoms with Crippen LogP contribution in [-0.2, 0) is 19.9 Å². The fraction of sp³-hybridized carbons (Fsp3) is 0.375. The Kier molecular flexibility index (Phi) is 5.08. The van der Waals surface area contributed by atoms with Gasteiger partial charge in [0.1, 0.15) is 5.54 Å². The summed E-state index contributed by atoms with van der Waals surface area (Å²) in [4.78, 5) is 41.7. The Morgan fingerprint density at radius 3 is 2.53 bits per heavy atom. The Morgan fingerprint density at radius 2 is 1.81 bits per heavy atom. The molecule has 0 aromatic heterocycles. The second kappa shape index (κ2) is 7.69. The van der Waals surface area contributed by atoms with E-state index in [0.29, 0.717) is 34.8 Å². The van der Waals surface area contributed by atoms with Crippen molar-refractivity contribution in [2.45, 2.75) is 37.5 Å². The van der Waals surface area contributed by atoms with Gasteiger partial charge in [0.2, 0.25) is 17.7 Å². The van der Waals surface area contributed by atoms with E-state index in [9.17, 15) is 19.5 Å². The predicted octanol–water partition coefficient (Wildman–Crippen LogP) is 2.59. The van der Waals surface area contributed by atoms with Crippen molar-refractivity contribution in [3.63, 3.8) is 0 Å². The molecule has 166 valence electrons. The summed E-state index contributed by atoms with van der Waals surface area (Å²) < 4.78 is 0. The summed E-state index contributed by atoms with van der Waals surface area (Å²) in [5, 5.41) is 17.9. The molecule has 5 rings (SSSR count). The molecule has 2 aromatic rings. The molecule has 32 heavy (non-hydrogen) atoms. The first-order valence-corrected chi connectivity index (χ1v) is 11.3. The number of hydrogen-bond donors (Lipinski definition) is 3. The maximum atomic E-state index is 13.6. The maximum Gasteiger partial charge on any atom is 0.250 e. The van der Waals surface area contributed by atoms with E-state index in [2.05, 4.69) is 10.6 Å². The van der Waals surface area contributed by atoms with Gasteiger partial charge in [0.05, 0.1) is 24.0 Å². The highest BCUT2D eigenvalue weighted by molar-refractivity contribution is 6.30. The molecule has 7 nitrogen and oxygen atoms in total. The van der Waals surface area contributed by atoms with E-state index in [4.69, 9.17) is 11.6 Å². The number of nitrogens with one attached hydrogen (secondary N) is 2. The van der Waals surface area contributed by atoms with Crippen LogP contribution < -0.4 is 10.6 Å². The first kappa shape index (κ1) is 21.1. The monoisotopic (exact) mass is 453 g/mol. The Balaban J connectivity index is 1.63. The molecule has 5 atom stereocenters. The lowest BCUT2D eigenvalue weighted by molar-refractivity contribution is -0.143. The molecule has 0 radical (unpaired) electrons. The summed E-state index contributed by atoms with van der Waals surface area (Å²) in [5.41, 5.74) is 0.385. The van der Waals surface area contributed by atoms with Crippen molar-refractivity contribution in [2.24, 2.45) is 11.8 Å². The van der Waals surface area contributed by atoms with Crippen LogP contribution in [0.15, 0.2) is 48.5 Å². The Hall–Kier alpha value is -2.74. The third-order valence-electron chi connectivity index (χ3n) is 6.94. The van der Waals surface area contributed by atoms with Gasteiger partial charge < -0.3 is 10.4 Å². The van der Waals surface area contributed by atoms with Gasteiger partial charge in [0.15, 0.2) is 0 Å². The second-order valence-corrected chi connectivity index (χ2v) is 9.10. The molecule has 0 saturated carbocycles. The van der Waals surface area contributed by atoms with E-state index < -0.39 is 29.5 Å². The number of nitrogens with zero attached hydrogens (tertiary/aromatic N) is 1. The molecule has 2 saturated heterocycles. The average molecular weight is 454 g/mol. The van der Waals surface area contributed by atoms with Crippen molar-refractivity contribution in [1.29, 1.82) is 0 Å². The topological polar surface area (TPSA) is 98.7 Å². The number of imide groups is 1. The Bertz CT molecular complexity index is 1100. The molecular formula is C24H24ClN3O4. The third kappa shape index (κ3) is 2.85. The van der Waals surface area contributed by atoms with Crippen molar-refractivity contribution in [3.8, 4) is 0 Å². The van der Waals surface area contributed by atoms with Crippen LogP contribution in [0.3, 0.4) is 0 Å². The van der Waals surface area contributed by atoms with E-state index in [1.54, 1.807) is 48.5 Å². The van der Waals surface area contributed by atoms with Gasteiger partial charge in [-0.2, -0.15) is 0 Å². The first-order valence-electron chi connectivity index (χ1n) is 10.9. The van der Waals surface area contributed by atoms with Gasteiger partial charge in [-0.1, -0.05) is 55.3 Å². The number of aliphatic hydroxyl groups excluding tert-OH is 1. The van der Waals surface area contributed by atoms with Crippen molar-refractivity contribution in [3.05, 3.63) is 64.7 Å². The zero-order valence-corrected chi connectivity index (χ0v) is 18.3. The molecule has 3 amide bonds. The summed E-state index contributed by atoms with van der Waals surface area (Å²) in [6, 6.07) is 13.1. The number of benzene rings is 2. The molecule has 1 spiro atoms. The van der Waals surface area contributed by atoms with E-state index in [1.807, 2.05) is 6.92 Å². The maximum absolute atomic E-state index is 13.6. The molecule has 2 aromatic carbocycles. The van der Waals surface area contributed by atoms with E-state index in [1.165, 1.54) is 4.90 Å². The number of hydrogen-bond acceptors (Lipinski definition) is 5. The van der Waals surface area contributed by atoms with E-state index in [-0.39, 0.29) is 17.7 Å². The number of anilines is 1. The molecule has 3 aliphatic heterocycles. The standard InChI is InChI=1S/C24H24ClN3O4/c1-2-3-12-28-21(30)17-18(22(28)31)24(15-6-4-5-7-16(15)26-23(24)32)27-19(17)20(29)13-8-10-14(25)11-9-13/h4-11,17-20,27,29H,2-3,12H2,1H3,(H,26,32)/t17-,18+,19+,20+,24-/m0/s1. The molecule has 3 heterocycles. The second-order valence-electron chi connectivity index (χ2n) is 8.66. The number of unbranched alkanes of at least 4 members (excludes halogenated alkanes) is 1. The molecule has 8 heteroatoms. The van der Waals surface area contributed by atoms with Crippen molar-refractivity contribution in [2.75, 3.05) is 11.9 Å². The number of para-hydroxylation sites is 1. The zero-order chi connectivity index (χ0) is 22.6. The molecule has 3 aliphatic rings. The normalized spacial score (nSPS) is 29.4. The number of halogens is 1. The molecule has 0 aliphatic carbocycles. The number of carbonyl (C=O) groups is 3. The SMILES string of the molecule is CCCCN1C(=O)[C@@H]2[C@H]([C@H](O)c3ccc(Cl)cc3)N[C@]3(C(=O)Nc4ccccc43)[C@H]2C1=O. The summed E-state index contributed by atoms with van der Waals surface area (Å²) in [5.74, 6) is -2.87. The fourth-order valence-electron chi connectivity index (χ4n) is 5.42. The van der Waals surface area contributed by atoms with Gasteiger partial charge in [-0.25, -0.2) is 0 Å². The molecule has 0 bridgehead atoms. The zero-order valence-electron chi connectivity index (χ0n) is 17.5. The van der Waals surface area contributed by atoms with Gasteiger partial charge in [0, 0.05) is 22.8 Å². The van der Waals surface area contributed by atoms with E-state index >= 15 is 0 Å². The molecular weight excluding hydrogens is 430 g/mol. The minimum atomic E-state index is -1.41. The highest BCUT2D eigenvalue weighted by atomic mass is 35.5. The minimum Gasteiger partial charge on any atom is -0.387 e. The molecule has 0 unspecified atom stereocenters. The smallest absolute Gasteiger partial charge is 0.250 e. The lowest BCUT2D eigenvalue weighted by atomic mass is 9.76. The Morgan fingerprint density at radius 1 is 1.09 bits per heavy atom. The highest BCUT2D eigenvalue weighted by Crippen LogP contribution is 2.54.